The number of nitrogens with two attached hydrogens (primary N) is 1. The molecule has 3 N–H and O–H groups in total. The summed E-state index contributed by atoms with van der Waals surface area (Å²) >= 11 is 1.78. The van der Waals surface area contributed by atoms with Gasteiger partial charge in [0.1, 0.15) is 0 Å². The van der Waals surface area contributed by atoms with Crippen LogP contribution in [-0.4, -0.2) is 11.9 Å². The molecule has 4 heteroatoms. The van der Waals surface area contributed by atoms with Crippen LogP contribution < -0.4 is 11.1 Å². The van der Waals surface area contributed by atoms with Crippen molar-refractivity contribution >= 4 is 17.2 Å². The molecule has 0 bridgehead atoms. The molecule has 1 heterocycles. The number of hydrogen-bond acceptors (Lipinski definition) is 3. The monoisotopic (exact) mass is 266 g/mol. The summed E-state index contributed by atoms with van der Waals surface area (Å²) < 4.78 is 0. The Bertz CT molecular complexity index is 402. The van der Waals surface area contributed by atoms with Crippen molar-refractivity contribution in [2.45, 2.75) is 51.6 Å². The summed E-state index contributed by atoms with van der Waals surface area (Å²) in [5, 5.41) is 3.03. The van der Waals surface area contributed by atoms with Crippen molar-refractivity contribution in [2.75, 3.05) is 0 Å². The second-order valence-corrected chi connectivity index (χ2v) is 6.25. The van der Waals surface area contributed by atoms with Crippen molar-refractivity contribution < 1.29 is 4.79 Å². The van der Waals surface area contributed by atoms with Gasteiger partial charge in [-0.3, -0.25) is 4.79 Å². The highest BCUT2D eigenvalue weighted by Crippen LogP contribution is 2.23. The van der Waals surface area contributed by atoms with Crippen molar-refractivity contribution in [1.29, 1.82) is 0 Å². The quantitative estimate of drug-likeness (QED) is 0.879. The second kappa shape index (κ2) is 6.34. The van der Waals surface area contributed by atoms with Crippen LogP contribution in [0.1, 0.15) is 42.4 Å². The van der Waals surface area contributed by atoms with E-state index in [9.17, 15) is 4.79 Å². The summed E-state index contributed by atoms with van der Waals surface area (Å²) in [6.45, 7) is 2.79. The first-order valence-corrected chi connectivity index (χ1v) is 7.63. The van der Waals surface area contributed by atoms with E-state index < -0.39 is 0 Å². The third-order valence-electron chi connectivity index (χ3n) is 3.66. The van der Waals surface area contributed by atoms with Crippen LogP contribution in [-0.2, 0) is 17.8 Å². The second-order valence-electron chi connectivity index (χ2n) is 4.99. The van der Waals surface area contributed by atoms with Gasteiger partial charge in [-0.25, -0.2) is 0 Å². The molecule has 1 aliphatic rings. The molecule has 1 aromatic rings. The van der Waals surface area contributed by atoms with Gasteiger partial charge < -0.3 is 11.1 Å². The standard InChI is InChI=1S/C14H22N2OS/c1-2-10-7-8-11(18-10)9-16-14(17)12-5-3-4-6-13(12)15/h7-8,12-13H,2-6,9,15H2,1H3,(H,16,17). The van der Waals surface area contributed by atoms with E-state index in [1.54, 1.807) is 11.3 Å². The molecule has 3 nitrogen and oxygen atoms in total. The van der Waals surface area contributed by atoms with Gasteiger partial charge in [0, 0.05) is 15.8 Å². The van der Waals surface area contributed by atoms with Crippen LogP contribution in [0.2, 0.25) is 0 Å². The molecule has 0 aromatic carbocycles. The number of nitrogens with one attached hydrogen (secondary N) is 1. The van der Waals surface area contributed by atoms with Gasteiger partial charge >= 0.3 is 0 Å². The summed E-state index contributed by atoms with van der Waals surface area (Å²) in [7, 11) is 0. The van der Waals surface area contributed by atoms with E-state index >= 15 is 0 Å². The lowest BCUT2D eigenvalue weighted by atomic mass is 9.84. The highest BCUT2D eigenvalue weighted by molar-refractivity contribution is 7.11. The van der Waals surface area contributed by atoms with Gasteiger partial charge in [-0.15, -0.1) is 11.3 Å². The summed E-state index contributed by atoms with van der Waals surface area (Å²) in [6, 6.07) is 4.29. The lowest BCUT2D eigenvalue weighted by Crippen LogP contribution is -2.43. The Labute approximate surface area is 113 Å². The van der Waals surface area contributed by atoms with Gasteiger partial charge in [-0.1, -0.05) is 19.8 Å². The number of thiophene rings is 1. The number of amides is 1. The molecule has 2 rings (SSSR count). The molecule has 2 atom stereocenters. The van der Waals surface area contributed by atoms with E-state index in [0.29, 0.717) is 6.54 Å². The molecule has 0 radical (unpaired) electrons. The van der Waals surface area contributed by atoms with Crippen molar-refractivity contribution in [3.8, 4) is 0 Å². The van der Waals surface area contributed by atoms with Gasteiger partial charge in [0.25, 0.3) is 0 Å². The molecule has 1 fully saturated rings. The molecule has 100 valence electrons. The minimum absolute atomic E-state index is 0.0179. The molecule has 1 amide bonds. The van der Waals surface area contributed by atoms with Crippen LogP contribution in [0.3, 0.4) is 0 Å². The first-order valence-electron chi connectivity index (χ1n) is 6.81. The Hall–Kier alpha value is -0.870. The predicted octanol–water partition coefficient (Wildman–Crippen LogP) is 2.44. The Morgan fingerprint density at radius 2 is 2.11 bits per heavy atom. The average molecular weight is 266 g/mol. The SMILES string of the molecule is CCc1ccc(CNC(=O)C2CCCCC2N)s1. The maximum Gasteiger partial charge on any atom is 0.224 e. The molecular weight excluding hydrogens is 244 g/mol. The molecule has 1 aromatic heterocycles. The lowest BCUT2D eigenvalue weighted by Gasteiger charge is -2.27. The Kier molecular flexibility index (Phi) is 4.78. The van der Waals surface area contributed by atoms with E-state index in [-0.39, 0.29) is 17.9 Å². The topological polar surface area (TPSA) is 55.1 Å². The van der Waals surface area contributed by atoms with E-state index in [1.165, 1.54) is 9.75 Å². The Morgan fingerprint density at radius 3 is 2.78 bits per heavy atom. The van der Waals surface area contributed by atoms with Crippen LogP contribution in [0.25, 0.3) is 0 Å². The molecule has 0 aliphatic heterocycles. The number of carbonyl (C=O) groups is 1. The largest absolute Gasteiger partial charge is 0.351 e. The van der Waals surface area contributed by atoms with Crippen molar-refractivity contribution in [3.63, 3.8) is 0 Å². The van der Waals surface area contributed by atoms with Crippen LogP contribution in [0.5, 0.6) is 0 Å². The van der Waals surface area contributed by atoms with Crippen LogP contribution >= 0.6 is 11.3 Å². The zero-order valence-corrected chi connectivity index (χ0v) is 11.8. The maximum absolute atomic E-state index is 12.1. The first kappa shape index (κ1) is 13.6. The fourth-order valence-electron chi connectivity index (χ4n) is 2.50. The van der Waals surface area contributed by atoms with Crippen LogP contribution in [0, 0.1) is 5.92 Å². The van der Waals surface area contributed by atoms with E-state index in [0.717, 1.165) is 32.1 Å². The fraction of sp³-hybridized carbons (Fsp3) is 0.643. The summed E-state index contributed by atoms with van der Waals surface area (Å²) in [6.07, 6.45) is 5.28. The van der Waals surface area contributed by atoms with Gasteiger partial charge in [0.05, 0.1) is 12.5 Å². The highest BCUT2D eigenvalue weighted by Gasteiger charge is 2.27. The Morgan fingerprint density at radius 1 is 1.39 bits per heavy atom. The molecule has 2 unspecified atom stereocenters. The van der Waals surface area contributed by atoms with Crippen molar-refractivity contribution in [3.05, 3.63) is 21.9 Å². The van der Waals surface area contributed by atoms with Crippen LogP contribution in [0.15, 0.2) is 12.1 Å². The number of rotatable bonds is 4. The van der Waals surface area contributed by atoms with Gasteiger partial charge in [-0.2, -0.15) is 0 Å². The average Bonchev–Trinajstić information content (AvgIpc) is 2.84. The lowest BCUT2D eigenvalue weighted by molar-refractivity contribution is -0.126. The van der Waals surface area contributed by atoms with E-state index in [1.807, 2.05) is 0 Å². The minimum atomic E-state index is 0.0179. The third-order valence-corrected chi connectivity index (χ3v) is 4.89. The molecule has 0 spiro atoms. The third kappa shape index (κ3) is 3.33. The zero-order chi connectivity index (χ0) is 13.0. The summed E-state index contributed by atoms with van der Waals surface area (Å²) in [4.78, 5) is 14.7. The number of carbonyl (C=O) groups excluding carboxylic acids is 1. The van der Waals surface area contributed by atoms with Gasteiger partial charge in [0.15, 0.2) is 0 Å². The highest BCUT2D eigenvalue weighted by atomic mass is 32.1. The van der Waals surface area contributed by atoms with Crippen LogP contribution in [0.4, 0.5) is 0 Å². The zero-order valence-electron chi connectivity index (χ0n) is 10.9. The maximum atomic E-state index is 12.1. The molecular formula is C14H22N2OS. The van der Waals surface area contributed by atoms with Crippen molar-refractivity contribution in [2.24, 2.45) is 11.7 Å². The fourth-order valence-corrected chi connectivity index (χ4v) is 3.40. The molecule has 0 saturated heterocycles. The minimum Gasteiger partial charge on any atom is -0.351 e. The molecule has 18 heavy (non-hydrogen) atoms. The summed E-state index contributed by atoms with van der Waals surface area (Å²) in [5.41, 5.74) is 6.02. The first-order chi connectivity index (χ1) is 8.70. The molecule has 1 saturated carbocycles. The van der Waals surface area contributed by atoms with Crippen molar-refractivity contribution in [1.82, 2.24) is 5.32 Å². The number of aryl methyl sites for hydroxylation is 1. The number of hydrogen-bond donors (Lipinski definition) is 2. The van der Waals surface area contributed by atoms with E-state index in [4.69, 9.17) is 5.73 Å². The van der Waals surface area contributed by atoms with Gasteiger partial charge in [-0.05, 0) is 31.4 Å². The molecule has 1 aliphatic carbocycles. The normalized spacial score (nSPS) is 23.9. The smallest absolute Gasteiger partial charge is 0.224 e. The predicted molar refractivity (Wildman–Crippen MR) is 75.5 cm³/mol. The van der Waals surface area contributed by atoms with Gasteiger partial charge in [0.2, 0.25) is 5.91 Å². The van der Waals surface area contributed by atoms with E-state index in [2.05, 4.69) is 24.4 Å². The Balaban J connectivity index is 1.83. The summed E-state index contributed by atoms with van der Waals surface area (Å²) in [5.74, 6) is 0.151.